The number of nitrogens with one attached hydrogen (secondary N) is 2. The van der Waals surface area contributed by atoms with Crippen LogP contribution in [0.3, 0.4) is 0 Å². The Morgan fingerprint density at radius 1 is 1.27 bits per heavy atom. The van der Waals surface area contributed by atoms with Crippen LogP contribution in [-0.4, -0.2) is 60.3 Å². The Balaban J connectivity index is 1.83. The predicted molar refractivity (Wildman–Crippen MR) is 125 cm³/mol. The van der Waals surface area contributed by atoms with Crippen LogP contribution in [0.15, 0.2) is 42.5 Å². The number of nitrogens with zero attached hydrogens (tertiary/aromatic N) is 1. The summed E-state index contributed by atoms with van der Waals surface area (Å²) >= 11 is 1.94. The summed E-state index contributed by atoms with van der Waals surface area (Å²) in [6.07, 6.45) is -0.861. The molecule has 0 aromatic heterocycles. The van der Waals surface area contributed by atoms with Crippen LogP contribution < -0.4 is 15.4 Å². The lowest BCUT2D eigenvalue weighted by molar-refractivity contribution is -0.137. The quantitative estimate of drug-likeness (QED) is 0.315. The minimum atomic E-state index is -1.33. The summed E-state index contributed by atoms with van der Waals surface area (Å²) in [5.41, 5.74) is 0.413. The second kappa shape index (κ2) is 10.9. The molecule has 3 rings (SSSR count). The fourth-order valence-corrected chi connectivity index (χ4v) is 3.82. The van der Waals surface area contributed by atoms with Crippen molar-refractivity contribution in [2.45, 2.75) is 25.1 Å². The zero-order chi connectivity index (χ0) is 24.1. The van der Waals surface area contributed by atoms with E-state index in [9.17, 15) is 18.8 Å². The topological polar surface area (TPSA) is 117 Å². The molecule has 0 spiro atoms. The van der Waals surface area contributed by atoms with Gasteiger partial charge < -0.3 is 25.2 Å². The maximum absolute atomic E-state index is 14.2. The molecule has 2 unspecified atom stereocenters. The maximum Gasteiger partial charge on any atom is 0.325 e. The molecule has 0 saturated carbocycles. The average molecular weight is 571 g/mol. The molecule has 176 valence electrons. The zero-order valence-corrected chi connectivity index (χ0v) is 20.0. The molecule has 2 aromatic rings. The van der Waals surface area contributed by atoms with Crippen LogP contribution in [0.25, 0.3) is 0 Å². The number of aliphatic hydroxyl groups excluding tert-OH is 1. The van der Waals surface area contributed by atoms with Gasteiger partial charge in [0.05, 0.1) is 18.4 Å². The van der Waals surface area contributed by atoms with Crippen LogP contribution in [0.1, 0.15) is 18.5 Å². The van der Waals surface area contributed by atoms with E-state index in [4.69, 9.17) is 14.6 Å². The number of methoxy groups -OCH3 is 1. The lowest BCUT2D eigenvalue weighted by Crippen LogP contribution is -2.53. The van der Waals surface area contributed by atoms with Crippen LogP contribution in [-0.2, 0) is 14.3 Å². The smallest absolute Gasteiger partial charge is 0.325 e. The first-order valence-corrected chi connectivity index (χ1v) is 11.1. The van der Waals surface area contributed by atoms with Gasteiger partial charge in [-0.25, -0.2) is 14.1 Å². The summed E-state index contributed by atoms with van der Waals surface area (Å²) in [7, 11) is 1.34. The Morgan fingerprint density at radius 3 is 2.58 bits per heavy atom. The van der Waals surface area contributed by atoms with E-state index >= 15 is 0 Å². The molecule has 33 heavy (non-hydrogen) atoms. The molecule has 0 aliphatic carbocycles. The van der Waals surface area contributed by atoms with Crippen LogP contribution in [0, 0.1) is 9.39 Å². The van der Waals surface area contributed by atoms with Gasteiger partial charge in [-0.1, -0.05) is 12.1 Å². The highest BCUT2D eigenvalue weighted by Gasteiger charge is 2.47. The summed E-state index contributed by atoms with van der Waals surface area (Å²) in [6.45, 7) is 1.52. The second-order valence-corrected chi connectivity index (χ2v) is 8.48. The number of carbonyl (C=O) groups excluding carboxylic acids is 3. The van der Waals surface area contributed by atoms with Gasteiger partial charge in [-0.2, -0.15) is 0 Å². The number of aliphatic hydroxyl groups is 1. The molecular formula is C22H23FIN3O6. The second-order valence-electron chi connectivity index (χ2n) is 7.23. The number of rotatable bonds is 9. The summed E-state index contributed by atoms with van der Waals surface area (Å²) in [4.78, 5) is 39.8. The molecule has 2 aromatic carbocycles. The van der Waals surface area contributed by atoms with Gasteiger partial charge in [-0.3, -0.25) is 9.59 Å². The molecular weight excluding hydrogens is 548 g/mol. The van der Waals surface area contributed by atoms with E-state index in [2.05, 4.69) is 10.6 Å². The van der Waals surface area contributed by atoms with Gasteiger partial charge in [0, 0.05) is 10.7 Å². The molecule has 1 heterocycles. The number of hydrogen-bond donors (Lipinski definition) is 3. The third-order valence-electron chi connectivity index (χ3n) is 5.10. The first-order valence-electron chi connectivity index (χ1n) is 10.0. The molecule has 9 nitrogen and oxygen atoms in total. The van der Waals surface area contributed by atoms with E-state index in [0.717, 1.165) is 4.90 Å². The Kier molecular flexibility index (Phi) is 8.21. The highest BCUT2D eigenvalue weighted by Crippen LogP contribution is 2.27. The Hall–Kier alpha value is -2.77. The Labute approximate surface area is 203 Å². The molecule has 1 fully saturated rings. The third-order valence-corrected chi connectivity index (χ3v) is 5.77. The Bertz CT molecular complexity index is 1040. The van der Waals surface area contributed by atoms with Crippen LogP contribution in [0.4, 0.5) is 14.9 Å². The van der Waals surface area contributed by atoms with Crippen LogP contribution >= 0.6 is 22.6 Å². The maximum atomic E-state index is 14.2. The Morgan fingerprint density at radius 2 is 1.97 bits per heavy atom. The van der Waals surface area contributed by atoms with Gasteiger partial charge in [0.15, 0.2) is 0 Å². The molecule has 0 radical (unpaired) electrons. The minimum absolute atomic E-state index is 0.0733. The number of imide groups is 1. The fourth-order valence-electron chi connectivity index (χ4n) is 3.37. The van der Waals surface area contributed by atoms with Crippen LogP contribution in [0.5, 0.6) is 5.75 Å². The monoisotopic (exact) mass is 571 g/mol. The molecule has 3 atom stereocenters. The lowest BCUT2D eigenvalue weighted by Gasteiger charge is -2.28. The summed E-state index contributed by atoms with van der Waals surface area (Å²) < 4.78 is 25.4. The first-order chi connectivity index (χ1) is 15.8. The zero-order valence-electron chi connectivity index (χ0n) is 17.9. The molecule has 4 amide bonds. The number of carbonyl (C=O) groups is 3. The van der Waals surface area contributed by atoms with Crippen molar-refractivity contribution in [3.05, 3.63) is 57.4 Å². The first kappa shape index (κ1) is 24.9. The van der Waals surface area contributed by atoms with Crippen molar-refractivity contribution in [2.75, 3.05) is 25.6 Å². The number of amides is 4. The number of ether oxygens (including phenoxy) is 2. The minimum Gasteiger partial charge on any atom is -0.491 e. The van der Waals surface area contributed by atoms with E-state index in [1.54, 1.807) is 30.3 Å². The van der Waals surface area contributed by atoms with Crippen LogP contribution in [0.2, 0.25) is 0 Å². The normalized spacial score (nSPS) is 17.5. The van der Waals surface area contributed by atoms with Gasteiger partial charge in [-0.15, -0.1) is 0 Å². The van der Waals surface area contributed by atoms with E-state index in [1.807, 2.05) is 22.6 Å². The number of benzene rings is 2. The van der Waals surface area contributed by atoms with E-state index in [-0.39, 0.29) is 18.9 Å². The van der Waals surface area contributed by atoms with Crippen molar-refractivity contribution in [3.63, 3.8) is 0 Å². The van der Waals surface area contributed by atoms with E-state index in [1.165, 1.54) is 26.2 Å². The predicted octanol–water partition coefficient (Wildman–Crippen LogP) is 2.44. The van der Waals surface area contributed by atoms with Gasteiger partial charge in [0.2, 0.25) is 0 Å². The molecule has 1 aliphatic heterocycles. The number of hydrogen-bond acceptors (Lipinski definition) is 6. The van der Waals surface area contributed by atoms with Crippen molar-refractivity contribution in [1.29, 1.82) is 0 Å². The van der Waals surface area contributed by atoms with E-state index in [0.29, 0.717) is 14.9 Å². The van der Waals surface area contributed by atoms with Crippen molar-refractivity contribution in [3.8, 4) is 5.75 Å². The van der Waals surface area contributed by atoms with Gasteiger partial charge >= 0.3 is 6.03 Å². The fraction of sp³-hybridized carbons (Fsp3) is 0.318. The average Bonchev–Trinajstić information content (AvgIpc) is 3.08. The SMILES string of the molecule is COC(C)C(C(=O)Nc1ccc(I)cc1F)N1C(=O)N[C@H](c2ccc(OCCO)cc2)C1=O. The summed E-state index contributed by atoms with van der Waals surface area (Å²) in [5.74, 6) is -1.55. The highest BCUT2D eigenvalue weighted by molar-refractivity contribution is 14.1. The summed E-state index contributed by atoms with van der Waals surface area (Å²) in [5, 5.41) is 13.9. The van der Waals surface area contributed by atoms with Gasteiger partial charge in [0.1, 0.15) is 30.3 Å². The highest BCUT2D eigenvalue weighted by atomic mass is 127. The molecule has 1 aliphatic rings. The van der Waals surface area contributed by atoms with Crippen molar-refractivity contribution in [1.82, 2.24) is 10.2 Å². The summed E-state index contributed by atoms with van der Waals surface area (Å²) in [6, 6.07) is 7.58. The molecule has 1 saturated heterocycles. The van der Waals surface area contributed by atoms with Crippen molar-refractivity contribution < 1.29 is 33.4 Å². The number of halogens is 2. The molecule has 11 heteroatoms. The molecule has 0 bridgehead atoms. The largest absolute Gasteiger partial charge is 0.491 e. The lowest BCUT2D eigenvalue weighted by atomic mass is 10.0. The van der Waals surface area contributed by atoms with Gasteiger partial charge in [-0.05, 0) is 65.4 Å². The van der Waals surface area contributed by atoms with Crippen molar-refractivity contribution in [2.24, 2.45) is 0 Å². The van der Waals surface area contributed by atoms with Crippen molar-refractivity contribution >= 4 is 46.1 Å². The van der Waals surface area contributed by atoms with Gasteiger partial charge in [0.25, 0.3) is 11.8 Å². The molecule has 3 N–H and O–H groups in total. The third kappa shape index (κ3) is 5.60. The number of urea groups is 1. The number of anilines is 1. The van der Waals surface area contributed by atoms with E-state index < -0.39 is 41.9 Å². The standard InChI is InChI=1S/C22H23FIN3O6/c1-12(32-2)19(20(29)25-17-8-5-14(24)11-16(17)23)27-21(30)18(26-22(27)31)13-3-6-15(7-4-13)33-10-9-28/h3-8,11-12,18-19,28H,9-10H2,1-2H3,(H,25,29)(H,26,31)/t12?,18-,19?/m1/s1.